The van der Waals surface area contributed by atoms with Crippen LogP contribution in [0, 0.1) is 5.41 Å². The molecular weight excluding hydrogens is 395 g/mol. The summed E-state index contributed by atoms with van der Waals surface area (Å²) in [7, 11) is 0. The van der Waals surface area contributed by atoms with Crippen LogP contribution < -0.4 is 10.1 Å². The molecule has 0 bridgehead atoms. The van der Waals surface area contributed by atoms with Gasteiger partial charge in [-0.2, -0.15) is 0 Å². The molecule has 1 atom stereocenters. The van der Waals surface area contributed by atoms with Crippen molar-refractivity contribution in [3.63, 3.8) is 0 Å². The van der Waals surface area contributed by atoms with Crippen molar-refractivity contribution in [2.24, 2.45) is 5.41 Å². The van der Waals surface area contributed by atoms with Gasteiger partial charge < -0.3 is 20.3 Å². The van der Waals surface area contributed by atoms with Crippen molar-refractivity contribution >= 4 is 17.5 Å². The van der Waals surface area contributed by atoms with Crippen molar-refractivity contribution < 1.29 is 42.5 Å². The van der Waals surface area contributed by atoms with Crippen LogP contribution in [-0.2, 0) is 20.8 Å². The first-order chi connectivity index (χ1) is 13.4. The van der Waals surface area contributed by atoms with E-state index >= 15 is 0 Å². The lowest BCUT2D eigenvalue weighted by atomic mass is 9.87. The molecule has 0 spiro atoms. The molecule has 0 fully saturated rings. The molecule has 0 aliphatic heterocycles. The molecule has 1 rings (SSSR count). The Bertz CT molecular complexity index is 733. The number of aliphatic hydroxyl groups is 2. The number of aryl methyl sites for hydroxylation is 1. The molecule has 0 saturated carbocycles. The third kappa shape index (κ3) is 8.61. The molecule has 7 nitrogen and oxygen atoms in total. The zero-order chi connectivity index (χ0) is 22.2. The number of Topliss-reactive ketones (excluding diaryl/α,β-unsaturated/α-hetero) is 2. The predicted octanol–water partition coefficient (Wildman–Crippen LogP) is 1.54. The highest BCUT2D eigenvalue weighted by Crippen LogP contribution is 2.24. The first-order valence-electron chi connectivity index (χ1n) is 8.83. The number of amides is 1. The minimum atomic E-state index is -4.82. The highest BCUT2D eigenvalue weighted by molar-refractivity contribution is 6.37. The summed E-state index contributed by atoms with van der Waals surface area (Å²) in [5, 5.41) is 21.3. The second-order valence-corrected chi connectivity index (χ2v) is 7.13. The van der Waals surface area contributed by atoms with E-state index in [9.17, 15) is 32.7 Å². The number of rotatable bonds is 11. The maximum absolute atomic E-state index is 12.2. The van der Waals surface area contributed by atoms with Crippen LogP contribution in [0.15, 0.2) is 24.3 Å². The number of halogens is 3. The van der Waals surface area contributed by atoms with Gasteiger partial charge in [0.15, 0.2) is 11.6 Å². The Kier molecular flexibility index (Phi) is 8.78. The van der Waals surface area contributed by atoms with Crippen molar-refractivity contribution in [2.75, 3.05) is 13.2 Å². The van der Waals surface area contributed by atoms with Gasteiger partial charge in [0.25, 0.3) is 0 Å². The van der Waals surface area contributed by atoms with Crippen LogP contribution in [0.4, 0.5) is 13.2 Å². The van der Waals surface area contributed by atoms with E-state index < -0.39 is 47.7 Å². The average Bonchev–Trinajstić information content (AvgIpc) is 2.64. The largest absolute Gasteiger partial charge is 0.573 e. The van der Waals surface area contributed by atoms with Gasteiger partial charge in [0.1, 0.15) is 11.9 Å². The molecule has 1 amide bonds. The first kappa shape index (κ1) is 24.6. The number of benzene rings is 1. The zero-order valence-corrected chi connectivity index (χ0v) is 16.1. The second-order valence-electron chi connectivity index (χ2n) is 7.13. The van der Waals surface area contributed by atoms with Crippen LogP contribution in [0.2, 0.25) is 0 Å². The molecule has 0 aromatic heterocycles. The molecule has 10 heteroatoms. The van der Waals surface area contributed by atoms with Crippen LogP contribution >= 0.6 is 0 Å². The van der Waals surface area contributed by atoms with Gasteiger partial charge in [0.05, 0.1) is 6.61 Å². The van der Waals surface area contributed by atoms with E-state index in [2.05, 4.69) is 10.1 Å². The Labute approximate surface area is 165 Å². The molecule has 3 N–H and O–H groups in total. The van der Waals surface area contributed by atoms with Crippen molar-refractivity contribution in [3.05, 3.63) is 29.8 Å². The number of carbonyl (C=O) groups excluding carboxylic acids is 3. The SMILES string of the molecule is CC(C)(CO)[C@@H](O)C(=O)NCCC(=O)C(=O)CCc1cccc(OC(F)(F)F)c1. The summed E-state index contributed by atoms with van der Waals surface area (Å²) in [4.78, 5) is 35.5. The van der Waals surface area contributed by atoms with Gasteiger partial charge in [-0.25, -0.2) is 0 Å². The number of nitrogens with one attached hydrogen (secondary N) is 1. The van der Waals surface area contributed by atoms with E-state index in [-0.39, 0.29) is 25.8 Å². The Balaban J connectivity index is 2.45. The minimum absolute atomic E-state index is 0.0510. The van der Waals surface area contributed by atoms with Crippen molar-refractivity contribution in [2.45, 2.75) is 45.6 Å². The van der Waals surface area contributed by atoms with E-state index in [1.807, 2.05) is 0 Å². The van der Waals surface area contributed by atoms with Gasteiger partial charge >= 0.3 is 6.36 Å². The topological polar surface area (TPSA) is 113 Å². The van der Waals surface area contributed by atoms with Gasteiger partial charge in [-0.05, 0) is 24.1 Å². The molecule has 0 heterocycles. The van der Waals surface area contributed by atoms with Crippen molar-refractivity contribution in [1.29, 1.82) is 0 Å². The van der Waals surface area contributed by atoms with Gasteiger partial charge in [-0.15, -0.1) is 13.2 Å². The van der Waals surface area contributed by atoms with Crippen LogP contribution in [-0.4, -0.2) is 53.3 Å². The number of hydrogen-bond donors (Lipinski definition) is 3. The number of ether oxygens (including phenoxy) is 1. The maximum Gasteiger partial charge on any atom is 0.573 e. The van der Waals surface area contributed by atoms with Crippen LogP contribution in [0.1, 0.15) is 32.3 Å². The van der Waals surface area contributed by atoms with Crippen molar-refractivity contribution in [3.8, 4) is 5.75 Å². The fourth-order valence-electron chi connectivity index (χ4n) is 2.27. The van der Waals surface area contributed by atoms with E-state index in [0.29, 0.717) is 5.56 Å². The monoisotopic (exact) mass is 419 g/mol. The summed E-state index contributed by atoms with van der Waals surface area (Å²) >= 11 is 0. The number of aliphatic hydroxyl groups excluding tert-OH is 2. The molecule has 29 heavy (non-hydrogen) atoms. The Morgan fingerprint density at radius 2 is 1.76 bits per heavy atom. The van der Waals surface area contributed by atoms with Crippen LogP contribution in [0.3, 0.4) is 0 Å². The summed E-state index contributed by atoms with van der Waals surface area (Å²) in [6, 6.07) is 5.11. The van der Waals surface area contributed by atoms with Crippen LogP contribution in [0.5, 0.6) is 5.75 Å². The third-order valence-electron chi connectivity index (χ3n) is 4.13. The highest BCUT2D eigenvalue weighted by atomic mass is 19.4. The molecule has 1 aromatic carbocycles. The summed E-state index contributed by atoms with van der Waals surface area (Å²) < 4.78 is 40.5. The molecule has 0 radical (unpaired) electrons. The smallest absolute Gasteiger partial charge is 0.406 e. The second kappa shape index (κ2) is 10.4. The number of ketones is 2. The highest BCUT2D eigenvalue weighted by Gasteiger charge is 2.33. The molecule has 162 valence electrons. The molecule has 0 aliphatic rings. The predicted molar refractivity (Wildman–Crippen MR) is 96.0 cm³/mol. The summed E-state index contributed by atoms with van der Waals surface area (Å²) in [5.41, 5.74) is -0.663. The molecule has 0 saturated heterocycles. The Hall–Kier alpha value is -2.46. The van der Waals surface area contributed by atoms with Crippen molar-refractivity contribution in [1.82, 2.24) is 5.32 Å². The van der Waals surface area contributed by atoms with E-state index in [0.717, 1.165) is 12.1 Å². The maximum atomic E-state index is 12.2. The fourth-order valence-corrected chi connectivity index (χ4v) is 2.27. The van der Waals surface area contributed by atoms with E-state index in [1.54, 1.807) is 0 Å². The van der Waals surface area contributed by atoms with E-state index in [4.69, 9.17) is 5.11 Å². The fraction of sp³-hybridized carbons (Fsp3) is 0.526. The summed E-state index contributed by atoms with van der Waals surface area (Å²) in [6.45, 7) is 2.38. The standard InChI is InChI=1S/C19H24F3NO6/c1-18(2,11-24)16(27)17(28)23-9-8-15(26)14(25)7-6-12-4-3-5-13(10-12)29-19(20,21)22/h3-5,10,16,24,27H,6-9,11H2,1-2H3,(H,23,28)/t16-/m0/s1. The number of alkyl halides is 3. The lowest BCUT2D eigenvalue weighted by molar-refractivity contribution is -0.274. The summed E-state index contributed by atoms with van der Waals surface area (Å²) in [6.07, 6.45) is -6.75. The quantitative estimate of drug-likeness (QED) is 0.469. The summed E-state index contributed by atoms with van der Waals surface area (Å²) in [5.74, 6) is -2.66. The van der Waals surface area contributed by atoms with Gasteiger partial charge in [0, 0.05) is 24.8 Å². The zero-order valence-electron chi connectivity index (χ0n) is 16.1. The number of hydrogen-bond acceptors (Lipinski definition) is 6. The number of carbonyl (C=O) groups is 3. The normalized spacial score (nSPS) is 12.9. The first-order valence-corrected chi connectivity index (χ1v) is 8.83. The van der Waals surface area contributed by atoms with Gasteiger partial charge in [-0.1, -0.05) is 26.0 Å². The minimum Gasteiger partial charge on any atom is -0.406 e. The average molecular weight is 419 g/mol. The lowest BCUT2D eigenvalue weighted by Gasteiger charge is -2.27. The molecular formula is C19H24F3NO6. The Morgan fingerprint density at radius 3 is 2.34 bits per heavy atom. The third-order valence-corrected chi connectivity index (χ3v) is 4.13. The van der Waals surface area contributed by atoms with Crippen LogP contribution in [0.25, 0.3) is 0 Å². The van der Waals surface area contributed by atoms with E-state index in [1.165, 1.54) is 26.0 Å². The molecule has 0 unspecified atom stereocenters. The van der Waals surface area contributed by atoms with Gasteiger partial charge in [0.2, 0.25) is 5.91 Å². The lowest BCUT2D eigenvalue weighted by Crippen LogP contribution is -2.46. The molecule has 1 aromatic rings. The molecule has 0 aliphatic carbocycles. The Morgan fingerprint density at radius 1 is 1.14 bits per heavy atom. The van der Waals surface area contributed by atoms with Gasteiger partial charge in [-0.3, -0.25) is 14.4 Å².